The predicted molar refractivity (Wildman–Crippen MR) is 146 cm³/mol. The molecule has 4 nitrogen and oxygen atoms in total. The highest BCUT2D eigenvalue weighted by Crippen LogP contribution is 2.41. The average Bonchev–Trinajstić information content (AvgIpc) is 2.84. The van der Waals surface area contributed by atoms with Crippen molar-refractivity contribution in [3.63, 3.8) is 0 Å². The molecule has 194 valence electrons. The Bertz CT molecular complexity index is 1050. The van der Waals surface area contributed by atoms with E-state index in [0.717, 1.165) is 24.8 Å². The van der Waals surface area contributed by atoms with Crippen LogP contribution in [0.1, 0.15) is 79.6 Å². The molecule has 0 radical (unpaired) electrons. The number of hydrogen-bond acceptors (Lipinski definition) is 4. The highest BCUT2D eigenvalue weighted by Gasteiger charge is 2.44. The van der Waals surface area contributed by atoms with Crippen molar-refractivity contribution < 1.29 is 17.9 Å². The highest BCUT2D eigenvalue weighted by molar-refractivity contribution is 7.92. The van der Waals surface area contributed by atoms with Crippen LogP contribution in [0.4, 0.5) is 0 Å². The fourth-order valence-corrected chi connectivity index (χ4v) is 6.44. The third-order valence-corrected chi connectivity index (χ3v) is 9.21. The lowest BCUT2D eigenvalue weighted by atomic mass is 9.72. The summed E-state index contributed by atoms with van der Waals surface area (Å²) >= 11 is 0. The van der Waals surface area contributed by atoms with Crippen molar-refractivity contribution in [2.45, 2.75) is 89.6 Å². The molecule has 0 spiro atoms. The predicted octanol–water partition coefficient (Wildman–Crippen LogP) is 7.94. The summed E-state index contributed by atoms with van der Waals surface area (Å²) in [7, 11) is -1.16. The summed E-state index contributed by atoms with van der Waals surface area (Å²) in [4.78, 5) is 0.170. The van der Waals surface area contributed by atoms with Crippen LogP contribution in [0, 0.1) is 5.41 Å². The fraction of sp³-hybridized carbons (Fsp3) is 0.533. The summed E-state index contributed by atoms with van der Waals surface area (Å²) in [5, 5.41) is -1.85. The molecule has 1 aromatic carbocycles. The van der Waals surface area contributed by atoms with E-state index in [1.165, 1.54) is 50.2 Å². The largest absolute Gasteiger partial charge is 0.337 e. The molecule has 0 saturated carbocycles. The van der Waals surface area contributed by atoms with Crippen molar-refractivity contribution in [3.05, 3.63) is 76.9 Å². The van der Waals surface area contributed by atoms with Crippen molar-refractivity contribution in [1.82, 2.24) is 0 Å². The SMILES string of the molecule is CCC(C=CC1=C(C)CCCC1(C)C)=CCCC(=CC(OC)(OC)S(=O)(=O)c1ccccc1)CC. The summed E-state index contributed by atoms with van der Waals surface area (Å²) < 4.78 is 37.8. The zero-order valence-electron chi connectivity index (χ0n) is 22.7. The zero-order chi connectivity index (χ0) is 26.1. The minimum absolute atomic E-state index is 0.170. The molecule has 0 saturated heterocycles. The van der Waals surface area contributed by atoms with E-state index in [4.69, 9.17) is 9.47 Å². The topological polar surface area (TPSA) is 52.6 Å². The molecule has 0 aliphatic heterocycles. The lowest BCUT2D eigenvalue weighted by Crippen LogP contribution is -2.41. The van der Waals surface area contributed by atoms with E-state index in [1.54, 1.807) is 36.4 Å². The van der Waals surface area contributed by atoms with Crippen LogP contribution in [0.25, 0.3) is 0 Å². The van der Waals surface area contributed by atoms with Crippen molar-refractivity contribution >= 4 is 9.84 Å². The van der Waals surface area contributed by atoms with Gasteiger partial charge in [-0.15, -0.1) is 0 Å². The third kappa shape index (κ3) is 7.05. The van der Waals surface area contributed by atoms with Crippen LogP contribution in [-0.4, -0.2) is 27.8 Å². The van der Waals surface area contributed by atoms with Gasteiger partial charge >= 0.3 is 0 Å². The Hall–Kier alpha value is -1.95. The maximum atomic E-state index is 13.4. The smallest absolute Gasteiger partial charge is 0.298 e. The normalized spacial score (nSPS) is 17.9. The van der Waals surface area contributed by atoms with Gasteiger partial charge in [0.1, 0.15) is 0 Å². The van der Waals surface area contributed by atoms with Crippen molar-refractivity contribution in [1.29, 1.82) is 0 Å². The summed E-state index contributed by atoms with van der Waals surface area (Å²) in [6.07, 6.45) is 15.4. The first-order valence-corrected chi connectivity index (χ1v) is 14.2. The molecule has 0 N–H and O–H groups in total. The standard InChI is InChI=1S/C30H44O4S/c1-8-25(20-21-28-24(3)15-14-22-29(28,4)5)16-13-17-26(9-2)23-30(33-6,34-7)35(31,32)27-18-11-10-12-19-27/h10-12,16,18-21,23H,8-9,13-15,17,22H2,1-7H3. The van der Waals surface area contributed by atoms with Crippen LogP contribution in [0.2, 0.25) is 0 Å². The van der Waals surface area contributed by atoms with Crippen LogP contribution in [0.15, 0.2) is 81.8 Å². The van der Waals surface area contributed by atoms with E-state index >= 15 is 0 Å². The Morgan fingerprint density at radius 1 is 1.09 bits per heavy atom. The summed E-state index contributed by atoms with van der Waals surface area (Å²) in [6.45, 7) is 11.1. The first-order valence-electron chi connectivity index (χ1n) is 12.7. The van der Waals surface area contributed by atoms with Gasteiger partial charge in [0.25, 0.3) is 5.12 Å². The maximum absolute atomic E-state index is 13.4. The van der Waals surface area contributed by atoms with Gasteiger partial charge in [0.05, 0.1) is 4.90 Å². The first kappa shape index (κ1) is 29.3. The van der Waals surface area contributed by atoms with Crippen molar-refractivity contribution in [2.24, 2.45) is 5.41 Å². The van der Waals surface area contributed by atoms with Gasteiger partial charge in [0.15, 0.2) is 0 Å². The van der Waals surface area contributed by atoms with Crippen LogP contribution in [0.3, 0.4) is 0 Å². The van der Waals surface area contributed by atoms with Gasteiger partial charge in [0, 0.05) is 14.2 Å². The summed E-state index contributed by atoms with van der Waals surface area (Å²) in [6, 6.07) is 8.31. The molecule has 5 heteroatoms. The molecule has 0 atom stereocenters. The van der Waals surface area contributed by atoms with E-state index in [1.807, 2.05) is 6.92 Å². The molecule has 0 unspecified atom stereocenters. The van der Waals surface area contributed by atoms with Crippen LogP contribution in [-0.2, 0) is 19.3 Å². The average molecular weight is 501 g/mol. The van der Waals surface area contributed by atoms with E-state index in [9.17, 15) is 8.42 Å². The Kier molecular flexibility index (Phi) is 10.7. The zero-order valence-corrected chi connectivity index (χ0v) is 23.5. The minimum atomic E-state index is -3.90. The molecule has 2 rings (SSSR count). The number of methoxy groups -OCH3 is 2. The third-order valence-electron chi connectivity index (χ3n) is 7.12. The summed E-state index contributed by atoms with van der Waals surface area (Å²) in [5.41, 5.74) is 5.47. The van der Waals surface area contributed by atoms with Crippen LogP contribution >= 0.6 is 0 Å². The van der Waals surface area contributed by atoms with Crippen LogP contribution < -0.4 is 0 Å². The molecule has 1 aromatic rings. The van der Waals surface area contributed by atoms with Crippen LogP contribution in [0.5, 0.6) is 0 Å². The fourth-order valence-electron chi connectivity index (χ4n) is 4.84. The molecule has 1 aliphatic carbocycles. The molecular formula is C30H44O4S. The van der Waals surface area contributed by atoms with E-state index in [2.05, 4.69) is 45.9 Å². The monoisotopic (exact) mass is 500 g/mol. The molecule has 0 fully saturated rings. The quantitative estimate of drug-likeness (QED) is 0.166. The molecular weight excluding hydrogens is 456 g/mol. The number of rotatable bonds is 12. The van der Waals surface area contributed by atoms with E-state index in [-0.39, 0.29) is 10.3 Å². The number of allylic oxidation sites excluding steroid dienone is 7. The van der Waals surface area contributed by atoms with Gasteiger partial charge in [-0.2, -0.15) is 0 Å². The highest BCUT2D eigenvalue weighted by atomic mass is 32.2. The summed E-state index contributed by atoms with van der Waals surface area (Å²) in [5.74, 6) is 0. The number of benzene rings is 1. The second kappa shape index (κ2) is 12.8. The second-order valence-corrected chi connectivity index (χ2v) is 12.0. The van der Waals surface area contributed by atoms with E-state index < -0.39 is 15.0 Å². The van der Waals surface area contributed by atoms with E-state index in [0.29, 0.717) is 6.42 Å². The van der Waals surface area contributed by atoms with Gasteiger partial charge in [-0.3, -0.25) is 0 Å². The van der Waals surface area contributed by atoms with Crippen molar-refractivity contribution in [2.75, 3.05) is 14.2 Å². The lowest BCUT2D eigenvalue weighted by Gasteiger charge is -2.33. The molecule has 0 amide bonds. The number of sulfone groups is 1. The molecule has 35 heavy (non-hydrogen) atoms. The second-order valence-electron chi connectivity index (χ2n) is 9.92. The van der Waals surface area contributed by atoms with Gasteiger partial charge in [-0.1, -0.05) is 80.8 Å². The Morgan fingerprint density at radius 2 is 1.74 bits per heavy atom. The van der Waals surface area contributed by atoms with Gasteiger partial charge in [-0.05, 0) is 81.1 Å². The van der Waals surface area contributed by atoms with Gasteiger partial charge in [-0.25, -0.2) is 8.42 Å². The first-order chi connectivity index (χ1) is 16.6. The lowest BCUT2D eigenvalue weighted by molar-refractivity contribution is -0.105. The van der Waals surface area contributed by atoms with Crippen molar-refractivity contribution in [3.8, 4) is 0 Å². The number of ether oxygens (including phenoxy) is 2. The molecule has 1 aliphatic rings. The molecule has 0 aromatic heterocycles. The van der Waals surface area contributed by atoms with Gasteiger partial charge < -0.3 is 9.47 Å². The Morgan fingerprint density at radius 3 is 2.29 bits per heavy atom. The minimum Gasteiger partial charge on any atom is -0.337 e. The Balaban J connectivity index is 2.24. The molecule has 0 heterocycles. The molecule has 0 bridgehead atoms. The maximum Gasteiger partial charge on any atom is 0.298 e. The number of hydrogen-bond donors (Lipinski definition) is 0. The Labute approximate surface area is 213 Å². The van der Waals surface area contributed by atoms with Gasteiger partial charge in [0.2, 0.25) is 9.84 Å².